The summed E-state index contributed by atoms with van der Waals surface area (Å²) in [7, 11) is 1.56. The van der Waals surface area contributed by atoms with Crippen LogP contribution in [-0.4, -0.2) is 29.2 Å². The van der Waals surface area contributed by atoms with Crippen LogP contribution in [0.1, 0.15) is 40.3 Å². The zero-order valence-corrected chi connectivity index (χ0v) is 13.1. The van der Waals surface area contributed by atoms with E-state index in [4.69, 9.17) is 9.26 Å². The topological polar surface area (TPSA) is 102 Å². The van der Waals surface area contributed by atoms with Crippen molar-refractivity contribution in [3.8, 4) is 5.75 Å². The standard InChI is InChI=1S/C16H18N2O5/c1-9-14(16(20)21)15(23-18-9)10(2)17-13(19)8-11-5-4-6-12(7-11)22-3/h4-7,10H,8H2,1-3H3,(H,17,19)(H,20,21)/t10-/m1/s1. The number of nitrogens with zero attached hydrogens (tertiary/aromatic N) is 1. The molecule has 1 heterocycles. The summed E-state index contributed by atoms with van der Waals surface area (Å²) in [6.45, 7) is 3.19. The summed E-state index contributed by atoms with van der Waals surface area (Å²) in [5, 5.41) is 15.5. The fourth-order valence-corrected chi connectivity index (χ4v) is 2.27. The number of aromatic nitrogens is 1. The molecular weight excluding hydrogens is 300 g/mol. The van der Waals surface area contributed by atoms with Gasteiger partial charge in [-0.2, -0.15) is 0 Å². The van der Waals surface area contributed by atoms with Gasteiger partial charge in [0.15, 0.2) is 5.76 Å². The summed E-state index contributed by atoms with van der Waals surface area (Å²) >= 11 is 0. The van der Waals surface area contributed by atoms with E-state index in [0.717, 1.165) is 5.56 Å². The summed E-state index contributed by atoms with van der Waals surface area (Å²) in [4.78, 5) is 23.4. The van der Waals surface area contributed by atoms with Crippen LogP contribution in [-0.2, 0) is 11.2 Å². The number of nitrogens with one attached hydrogen (secondary N) is 1. The maximum absolute atomic E-state index is 12.1. The minimum absolute atomic E-state index is 0.0146. The van der Waals surface area contributed by atoms with Crippen molar-refractivity contribution in [2.24, 2.45) is 0 Å². The van der Waals surface area contributed by atoms with E-state index in [0.29, 0.717) is 5.75 Å². The third kappa shape index (κ3) is 3.88. The molecular formula is C16H18N2O5. The highest BCUT2D eigenvalue weighted by Crippen LogP contribution is 2.21. The minimum atomic E-state index is -1.13. The van der Waals surface area contributed by atoms with Crippen molar-refractivity contribution in [2.45, 2.75) is 26.3 Å². The SMILES string of the molecule is COc1cccc(CC(=O)N[C@H](C)c2onc(C)c2C(=O)O)c1. The number of amides is 1. The maximum atomic E-state index is 12.1. The first kappa shape index (κ1) is 16.5. The van der Waals surface area contributed by atoms with E-state index in [1.54, 1.807) is 39.2 Å². The van der Waals surface area contributed by atoms with Crippen molar-refractivity contribution in [1.29, 1.82) is 0 Å². The van der Waals surface area contributed by atoms with Gasteiger partial charge in [-0.3, -0.25) is 4.79 Å². The lowest BCUT2D eigenvalue weighted by Crippen LogP contribution is -2.28. The van der Waals surface area contributed by atoms with Gasteiger partial charge in [0.2, 0.25) is 5.91 Å². The summed E-state index contributed by atoms with van der Waals surface area (Å²) in [5.74, 6) is -0.583. The Morgan fingerprint density at radius 3 is 2.83 bits per heavy atom. The Balaban J connectivity index is 2.06. The predicted octanol–water partition coefficient (Wildman–Crippen LogP) is 2.11. The van der Waals surface area contributed by atoms with Crippen LogP contribution in [0.4, 0.5) is 0 Å². The number of carboxylic acids is 1. The molecule has 0 aliphatic heterocycles. The van der Waals surface area contributed by atoms with Crippen LogP contribution in [0.25, 0.3) is 0 Å². The number of benzene rings is 1. The number of carbonyl (C=O) groups excluding carboxylic acids is 1. The molecule has 122 valence electrons. The second-order valence-corrected chi connectivity index (χ2v) is 5.13. The zero-order valence-electron chi connectivity index (χ0n) is 13.1. The van der Waals surface area contributed by atoms with Crippen molar-refractivity contribution in [3.63, 3.8) is 0 Å². The normalized spacial score (nSPS) is 11.8. The fourth-order valence-electron chi connectivity index (χ4n) is 2.27. The van der Waals surface area contributed by atoms with Crippen molar-refractivity contribution in [2.75, 3.05) is 7.11 Å². The second-order valence-electron chi connectivity index (χ2n) is 5.13. The molecule has 7 heteroatoms. The maximum Gasteiger partial charge on any atom is 0.341 e. The molecule has 2 N–H and O–H groups in total. The Hall–Kier alpha value is -2.83. The average Bonchev–Trinajstić information content (AvgIpc) is 2.89. The van der Waals surface area contributed by atoms with Gasteiger partial charge in [-0.1, -0.05) is 17.3 Å². The predicted molar refractivity (Wildman–Crippen MR) is 81.5 cm³/mol. The van der Waals surface area contributed by atoms with Crippen LogP contribution in [0.3, 0.4) is 0 Å². The molecule has 1 aromatic carbocycles. The molecule has 23 heavy (non-hydrogen) atoms. The first-order valence-electron chi connectivity index (χ1n) is 7.04. The summed E-state index contributed by atoms with van der Waals surface area (Å²) in [6, 6.07) is 6.58. The number of rotatable bonds is 6. The molecule has 0 radical (unpaired) electrons. The number of aryl methyl sites for hydroxylation is 1. The molecule has 0 aliphatic rings. The molecule has 1 amide bonds. The Labute approximate surface area is 133 Å². The molecule has 1 atom stereocenters. The molecule has 0 fully saturated rings. The van der Waals surface area contributed by atoms with Crippen LogP contribution in [0.2, 0.25) is 0 Å². The van der Waals surface area contributed by atoms with Crippen LogP contribution < -0.4 is 10.1 Å². The first-order chi connectivity index (χ1) is 10.9. The Kier molecular flexibility index (Phi) is 5.00. The quantitative estimate of drug-likeness (QED) is 0.846. The Bertz CT molecular complexity index is 723. The third-order valence-electron chi connectivity index (χ3n) is 3.37. The lowest BCUT2D eigenvalue weighted by atomic mass is 10.1. The number of hydrogen-bond acceptors (Lipinski definition) is 5. The molecule has 2 aromatic rings. The van der Waals surface area contributed by atoms with Crippen molar-refractivity contribution in [3.05, 3.63) is 46.8 Å². The number of aromatic carboxylic acids is 1. The average molecular weight is 318 g/mol. The highest BCUT2D eigenvalue weighted by molar-refractivity contribution is 5.90. The molecule has 0 spiro atoms. The van der Waals surface area contributed by atoms with Gasteiger partial charge >= 0.3 is 5.97 Å². The van der Waals surface area contributed by atoms with Gasteiger partial charge in [-0.05, 0) is 31.5 Å². The van der Waals surface area contributed by atoms with Gasteiger partial charge in [-0.25, -0.2) is 4.79 Å². The summed E-state index contributed by atoms with van der Waals surface area (Å²) in [5.41, 5.74) is 1.06. The molecule has 0 aliphatic carbocycles. The number of methoxy groups -OCH3 is 1. The second kappa shape index (κ2) is 6.95. The largest absolute Gasteiger partial charge is 0.497 e. The third-order valence-corrected chi connectivity index (χ3v) is 3.37. The van der Waals surface area contributed by atoms with Gasteiger partial charge in [0.1, 0.15) is 11.3 Å². The minimum Gasteiger partial charge on any atom is -0.497 e. The molecule has 0 saturated carbocycles. The van der Waals surface area contributed by atoms with Gasteiger partial charge in [-0.15, -0.1) is 0 Å². The van der Waals surface area contributed by atoms with Gasteiger partial charge in [0, 0.05) is 0 Å². The van der Waals surface area contributed by atoms with E-state index in [1.807, 2.05) is 6.07 Å². The molecule has 0 unspecified atom stereocenters. The van der Waals surface area contributed by atoms with Gasteiger partial charge in [0.05, 0.1) is 25.3 Å². The van der Waals surface area contributed by atoms with E-state index in [-0.39, 0.29) is 29.3 Å². The fraction of sp³-hybridized carbons (Fsp3) is 0.312. The van der Waals surface area contributed by atoms with E-state index < -0.39 is 12.0 Å². The van der Waals surface area contributed by atoms with E-state index in [9.17, 15) is 14.7 Å². The van der Waals surface area contributed by atoms with Crippen LogP contribution in [0.5, 0.6) is 5.75 Å². The number of carboxylic acid groups (broad SMARTS) is 1. The van der Waals surface area contributed by atoms with E-state index in [1.165, 1.54) is 0 Å². The molecule has 7 nitrogen and oxygen atoms in total. The number of carbonyl (C=O) groups is 2. The lowest BCUT2D eigenvalue weighted by molar-refractivity contribution is -0.121. The Morgan fingerprint density at radius 2 is 2.17 bits per heavy atom. The monoisotopic (exact) mass is 318 g/mol. The van der Waals surface area contributed by atoms with Crippen molar-refractivity contribution in [1.82, 2.24) is 10.5 Å². The van der Waals surface area contributed by atoms with Gasteiger partial charge in [0.25, 0.3) is 0 Å². The van der Waals surface area contributed by atoms with Crippen LogP contribution in [0, 0.1) is 6.92 Å². The van der Waals surface area contributed by atoms with E-state index >= 15 is 0 Å². The summed E-state index contributed by atoms with van der Waals surface area (Å²) in [6.07, 6.45) is 0.150. The van der Waals surface area contributed by atoms with Gasteiger partial charge < -0.3 is 19.7 Å². The highest BCUT2D eigenvalue weighted by atomic mass is 16.5. The molecule has 0 bridgehead atoms. The lowest BCUT2D eigenvalue weighted by Gasteiger charge is -2.12. The first-order valence-corrected chi connectivity index (χ1v) is 7.04. The number of ether oxygens (including phenoxy) is 1. The van der Waals surface area contributed by atoms with Crippen molar-refractivity contribution < 1.29 is 24.0 Å². The molecule has 1 aromatic heterocycles. The van der Waals surface area contributed by atoms with Crippen molar-refractivity contribution >= 4 is 11.9 Å². The Morgan fingerprint density at radius 1 is 1.43 bits per heavy atom. The highest BCUT2D eigenvalue weighted by Gasteiger charge is 2.25. The molecule has 2 rings (SSSR count). The smallest absolute Gasteiger partial charge is 0.341 e. The molecule has 0 saturated heterocycles. The van der Waals surface area contributed by atoms with E-state index in [2.05, 4.69) is 10.5 Å². The van der Waals surface area contributed by atoms with Crippen LogP contribution in [0.15, 0.2) is 28.8 Å². The van der Waals surface area contributed by atoms with Crippen LogP contribution >= 0.6 is 0 Å². The zero-order chi connectivity index (χ0) is 17.0. The summed E-state index contributed by atoms with van der Waals surface area (Å²) < 4.78 is 10.2. The number of hydrogen-bond donors (Lipinski definition) is 2.